The average molecular weight is 873 g/mol. The maximum Gasteiger partial charge on any atom is 0.339 e. The zero-order valence-electron chi connectivity index (χ0n) is 37.6. The molecule has 346 valence electrons. The van der Waals surface area contributed by atoms with E-state index >= 15 is 0 Å². The lowest BCUT2D eigenvalue weighted by Crippen LogP contribution is -2.29. The van der Waals surface area contributed by atoms with Crippen molar-refractivity contribution in [2.45, 2.75) is 94.1 Å². The lowest BCUT2D eigenvalue weighted by Gasteiger charge is -2.08. The Balaban J connectivity index is -0.000000211. The number of carboxylic acids is 3. The van der Waals surface area contributed by atoms with E-state index in [4.69, 9.17) is 20.4 Å². The molecule has 1 unspecified atom stereocenters. The molecule has 5 amide bonds. The van der Waals surface area contributed by atoms with Gasteiger partial charge in [0, 0.05) is 73.3 Å². The zero-order valence-corrected chi connectivity index (χ0v) is 37.6. The Morgan fingerprint density at radius 3 is 1.52 bits per heavy atom. The molecule has 0 saturated carbocycles. The molecule has 0 aliphatic carbocycles. The van der Waals surface area contributed by atoms with Gasteiger partial charge in [-0.05, 0) is 73.4 Å². The number of aromatic hydroxyl groups is 1. The summed E-state index contributed by atoms with van der Waals surface area (Å²) in [6, 6.07) is 3.78. The molecule has 0 saturated heterocycles. The predicted molar refractivity (Wildman–Crippen MR) is 242 cm³/mol. The van der Waals surface area contributed by atoms with Crippen molar-refractivity contribution in [1.82, 2.24) is 15.5 Å². The Hall–Kier alpha value is -6.88. The van der Waals surface area contributed by atoms with Gasteiger partial charge in [-0.3, -0.25) is 28.9 Å². The number of hydrogen-bond acceptors (Lipinski definition) is 10. The number of aliphatic hydroxyl groups is 1. The van der Waals surface area contributed by atoms with Gasteiger partial charge in [0.15, 0.2) is 0 Å². The molecule has 8 N–H and O–H groups in total. The maximum absolute atomic E-state index is 11.2. The number of anilines is 1. The van der Waals surface area contributed by atoms with Crippen molar-refractivity contribution < 1.29 is 63.9 Å². The van der Waals surface area contributed by atoms with Gasteiger partial charge in [-0.15, -0.1) is 6.58 Å². The predicted octanol–water partition coefficient (Wildman–Crippen LogP) is 6.34. The number of aliphatic carboxylic acids is 2. The highest BCUT2D eigenvalue weighted by Crippen LogP contribution is 2.22. The molecule has 1 aliphatic heterocycles. The molecule has 1 aliphatic rings. The van der Waals surface area contributed by atoms with E-state index in [1.54, 1.807) is 34.6 Å². The first kappa shape index (κ1) is 64.3. The number of phenols is 1. The number of carbonyl (C=O) groups excluding carboxylic acids is 5. The van der Waals surface area contributed by atoms with Crippen molar-refractivity contribution in [3.8, 4) is 5.75 Å². The van der Waals surface area contributed by atoms with Crippen LogP contribution in [-0.2, 0) is 33.6 Å². The average Bonchev–Trinajstić information content (AvgIpc) is 3.50. The Labute approximate surface area is 366 Å². The van der Waals surface area contributed by atoms with Gasteiger partial charge in [-0.2, -0.15) is 0 Å². The smallest absolute Gasteiger partial charge is 0.339 e. The number of rotatable bonds is 15. The summed E-state index contributed by atoms with van der Waals surface area (Å²) in [5.41, 5.74) is 2.72. The van der Waals surface area contributed by atoms with E-state index in [1.807, 2.05) is 19.9 Å². The van der Waals surface area contributed by atoms with Gasteiger partial charge in [-0.25, -0.2) is 14.4 Å². The number of nitrogens with one attached hydrogen (secondary N) is 3. The summed E-state index contributed by atoms with van der Waals surface area (Å²) in [4.78, 5) is 84.9. The fourth-order valence-electron chi connectivity index (χ4n) is 2.98. The SMILES string of the molecule is C=C(C)C(=O)NCCCC.C=C(C)C(=O)Nc1ccc(C(=O)O)c(O)c1.C=C(C)C(C)O.C=C(C)CC(=O)NCC.C=CCC.CCN1C(=O)C=CC1=O.O=C(O)/C=C\C(=O)O. The van der Waals surface area contributed by atoms with E-state index < -0.39 is 23.7 Å². The molecule has 0 bridgehead atoms. The molecule has 1 aromatic rings. The summed E-state index contributed by atoms with van der Waals surface area (Å²) in [6.45, 7) is 35.9. The van der Waals surface area contributed by atoms with Gasteiger partial charge < -0.3 is 41.5 Å². The first-order valence-electron chi connectivity index (χ1n) is 19.2. The quantitative estimate of drug-likeness (QED) is 0.0414. The number of nitrogens with zero attached hydrogens (tertiary/aromatic N) is 1. The van der Waals surface area contributed by atoms with Crippen molar-refractivity contribution in [2.75, 3.05) is 25.0 Å². The van der Waals surface area contributed by atoms with Crippen molar-refractivity contribution in [3.63, 3.8) is 0 Å². The minimum atomic E-state index is -1.26. The minimum Gasteiger partial charge on any atom is -0.507 e. The summed E-state index contributed by atoms with van der Waals surface area (Å²) < 4.78 is 0. The van der Waals surface area contributed by atoms with Crippen LogP contribution < -0.4 is 16.0 Å². The molecule has 1 atom stereocenters. The van der Waals surface area contributed by atoms with Gasteiger partial charge in [0.05, 0.1) is 6.10 Å². The number of allylic oxidation sites excluding steroid dienone is 1. The molecule has 0 spiro atoms. The first-order valence-corrected chi connectivity index (χ1v) is 19.2. The monoisotopic (exact) mass is 872 g/mol. The largest absolute Gasteiger partial charge is 0.507 e. The lowest BCUT2D eigenvalue weighted by atomic mass is 10.2. The van der Waals surface area contributed by atoms with Gasteiger partial charge in [0.1, 0.15) is 11.3 Å². The number of carboxylic acid groups (broad SMARTS) is 3. The highest BCUT2D eigenvalue weighted by Gasteiger charge is 2.20. The van der Waals surface area contributed by atoms with Gasteiger partial charge >= 0.3 is 17.9 Å². The highest BCUT2D eigenvalue weighted by atomic mass is 16.4. The van der Waals surface area contributed by atoms with Crippen LogP contribution in [0.5, 0.6) is 5.75 Å². The van der Waals surface area contributed by atoms with Crippen LogP contribution in [0.2, 0.25) is 0 Å². The molecular weight excluding hydrogens is 805 g/mol. The van der Waals surface area contributed by atoms with Crippen LogP contribution in [0.1, 0.15) is 98.4 Å². The molecule has 0 aromatic heterocycles. The molecule has 17 nitrogen and oxygen atoms in total. The Morgan fingerprint density at radius 2 is 1.24 bits per heavy atom. The summed E-state index contributed by atoms with van der Waals surface area (Å²) in [5, 5.41) is 50.1. The van der Waals surface area contributed by atoms with Crippen molar-refractivity contribution in [1.29, 1.82) is 0 Å². The van der Waals surface area contributed by atoms with Crippen LogP contribution in [0.4, 0.5) is 5.69 Å². The van der Waals surface area contributed by atoms with Crippen LogP contribution in [-0.4, -0.2) is 104 Å². The number of aliphatic hydroxyl groups excluding tert-OH is 1. The second-order valence-electron chi connectivity index (χ2n) is 12.7. The second kappa shape index (κ2) is 39.6. The third-order valence-corrected chi connectivity index (χ3v) is 6.50. The Morgan fingerprint density at radius 1 is 0.790 bits per heavy atom. The molecule has 17 heteroatoms. The highest BCUT2D eigenvalue weighted by molar-refractivity contribution is 6.12. The summed E-state index contributed by atoms with van der Waals surface area (Å²) in [6.07, 6.45) is 8.90. The summed E-state index contributed by atoms with van der Waals surface area (Å²) >= 11 is 0. The molecule has 62 heavy (non-hydrogen) atoms. The van der Waals surface area contributed by atoms with Crippen LogP contribution in [0.25, 0.3) is 0 Å². The van der Waals surface area contributed by atoms with Crippen LogP contribution in [0, 0.1) is 0 Å². The van der Waals surface area contributed by atoms with E-state index in [2.05, 4.69) is 62.7 Å². The van der Waals surface area contributed by atoms with Gasteiger partial charge in [0.2, 0.25) is 11.8 Å². The normalized spacial score (nSPS) is 10.7. The number of benzene rings is 1. The molecule has 1 heterocycles. The van der Waals surface area contributed by atoms with E-state index in [-0.39, 0.29) is 41.2 Å². The van der Waals surface area contributed by atoms with Gasteiger partial charge in [-0.1, -0.05) is 63.8 Å². The summed E-state index contributed by atoms with van der Waals surface area (Å²) in [5.74, 6) is -4.91. The number of unbranched alkanes of at least 4 members (excludes halogenated alkanes) is 1. The Bertz CT molecular complexity index is 1710. The third kappa shape index (κ3) is 41.3. The lowest BCUT2D eigenvalue weighted by molar-refractivity contribution is -0.136. The Kier molecular flexibility index (Phi) is 41.0. The fraction of sp³-hybridized carbons (Fsp3) is 0.378. The van der Waals surface area contributed by atoms with Crippen LogP contribution >= 0.6 is 0 Å². The van der Waals surface area contributed by atoms with Crippen molar-refractivity contribution in [2.24, 2.45) is 0 Å². The molecular formula is C45H68N4O13. The number of likely N-dealkylation sites (N-methyl/N-ethyl adjacent to an activating group) is 1. The molecule has 0 radical (unpaired) electrons. The molecule has 0 fully saturated rings. The standard InChI is InChI=1S/C11H11NO4.C8H15NO.C7H13NO.C6H7NO2.C5H10O.C4H4O4.C4H8/c1-6(2)10(14)12-7-3-4-8(11(15)16)9(13)5-7;1-4-5-6-9-8(10)7(2)3;1-4-8-7(9)5-6(2)3;1-2-7-5(8)3-4-6(7)9;1-4(2)5(3)6;5-3(6)1-2-4(7)8;1-3-4-2/h3-5,13H,1H2,2H3,(H,12,14)(H,15,16);2,4-6H2,1,3H3,(H,9,10);2,4-5H2,1,3H3,(H,8,9);3-4H,2H2,1H3;5-6H,1H2,2-3H3;1-2H,(H,5,6)(H,7,8);3H,1,4H2,2H3/b;;;;;2-1-;. The zero-order chi connectivity index (χ0) is 49.5. The number of imide groups is 1. The van der Waals surface area contributed by atoms with E-state index in [0.717, 1.165) is 37.0 Å². The topological polar surface area (TPSA) is 277 Å². The van der Waals surface area contributed by atoms with Crippen molar-refractivity contribution in [3.05, 3.63) is 109 Å². The molecule has 2 rings (SSSR count). The first-order chi connectivity index (χ1) is 28.7. The second-order valence-corrected chi connectivity index (χ2v) is 12.7. The fourth-order valence-corrected chi connectivity index (χ4v) is 2.98. The van der Waals surface area contributed by atoms with E-state index in [0.29, 0.717) is 48.5 Å². The number of aromatic carboxylic acids is 1. The van der Waals surface area contributed by atoms with Crippen molar-refractivity contribution >= 4 is 53.1 Å². The van der Waals surface area contributed by atoms with Crippen LogP contribution in [0.3, 0.4) is 0 Å². The third-order valence-electron chi connectivity index (χ3n) is 6.50. The minimum absolute atomic E-state index is 0.0338. The van der Waals surface area contributed by atoms with Crippen LogP contribution in [0.15, 0.2) is 104 Å². The number of amides is 5. The van der Waals surface area contributed by atoms with E-state index in [1.165, 1.54) is 35.3 Å². The number of carbonyl (C=O) groups is 8. The van der Waals surface area contributed by atoms with Gasteiger partial charge in [0.25, 0.3) is 17.7 Å². The van der Waals surface area contributed by atoms with E-state index in [9.17, 15) is 43.5 Å². The molecule has 1 aromatic carbocycles. The number of hydrogen-bond donors (Lipinski definition) is 8. The maximum atomic E-state index is 11.2. The summed E-state index contributed by atoms with van der Waals surface area (Å²) in [7, 11) is 0.